The van der Waals surface area contributed by atoms with Crippen LogP contribution in [0.25, 0.3) is 0 Å². The zero-order valence-electron chi connectivity index (χ0n) is 15.4. The number of rotatable bonds is 5. The normalized spacial score (nSPS) is 14.9. The van der Waals surface area contributed by atoms with Crippen molar-refractivity contribution in [3.8, 4) is 11.5 Å². The number of hydrogen-bond donors (Lipinski definition) is 0. The van der Waals surface area contributed by atoms with E-state index in [0.717, 1.165) is 42.3 Å². The van der Waals surface area contributed by atoms with Gasteiger partial charge in [0.05, 0.1) is 12.1 Å². The Bertz CT molecular complexity index is 824. The summed E-state index contributed by atoms with van der Waals surface area (Å²) in [5.74, 6) is 1.05. The van der Waals surface area contributed by atoms with Crippen molar-refractivity contribution < 1.29 is 9.47 Å². The lowest BCUT2D eigenvalue weighted by molar-refractivity contribution is 0.218. The predicted molar refractivity (Wildman–Crippen MR) is 115 cm³/mol. The summed E-state index contributed by atoms with van der Waals surface area (Å²) < 4.78 is 11.4. The van der Waals surface area contributed by atoms with Crippen LogP contribution in [0.15, 0.2) is 36.4 Å². The maximum atomic E-state index is 6.50. The summed E-state index contributed by atoms with van der Waals surface area (Å²) in [4.78, 5) is 5.27. The first-order chi connectivity index (χ1) is 13.0. The minimum Gasteiger partial charge on any atom is -0.493 e. The Morgan fingerprint density at radius 2 is 1.78 bits per heavy atom. The highest BCUT2D eigenvalue weighted by Crippen LogP contribution is 2.37. The summed E-state index contributed by atoms with van der Waals surface area (Å²) in [6.07, 6.45) is 0. The highest BCUT2D eigenvalue weighted by atomic mass is 35.5. The van der Waals surface area contributed by atoms with Crippen molar-refractivity contribution in [2.75, 3.05) is 40.3 Å². The number of piperazine rings is 1. The Kier molecular flexibility index (Phi) is 6.82. The van der Waals surface area contributed by atoms with Gasteiger partial charge in [0.1, 0.15) is 11.6 Å². The zero-order valence-corrected chi connectivity index (χ0v) is 17.7. The van der Waals surface area contributed by atoms with E-state index in [1.807, 2.05) is 36.4 Å². The van der Waals surface area contributed by atoms with Crippen molar-refractivity contribution in [1.29, 1.82) is 0 Å². The van der Waals surface area contributed by atoms with Gasteiger partial charge >= 0.3 is 0 Å². The average Bonchev–Trinajstić information content (AvgIpc) is 2.67. The summed E-state index contributed by atoms with van der Waals surface area (Å²) in [7, 11) is 3.71. The summed E-state index contributed by atoms with van der Waals surface area (Å²) in [6.45, 7) is 4.09. The average molecular weight is 425 g/mol. The zero-order chi connectivity index (χ0) is 19.4. The lowest BCUT2D eigenvalue weighted by Gasteiger charge is -2.34. The van der Waals surface area contributed by atoms with Crippen molar-refractivity contribution in [2.45, 2.75) is 6.61 Å². The van der Waals surface area contributed by atoms with E-state index < -0.39 is 0 Å². The molecule has 1 fully saturated rings. The van der Waals surface area contributed by atoms with Gasteiger partial charge in [0.2, 0.25) is 0 Å². The van der Waals surface area contributed by atoms with Crippen LogP contribution in [0.1, 0.15) is 11.1 Å². The third-order valence-corrected chi connectivity index (χ3v) is 5.74. The Labute approximate surface area is 175 Å². The fraction of sp³-hybridized carbons (Fsp3) is 0.350. The molecule has 0 radical (unpaired) electrons. The van der Waals surface area contributed by atoms with E-state index >= 15 is 0 Å². The second-order valence-electron chi connectivity index (χ2n) is 6.47. The first-order valence-corrected chi connectivity index (χ1v) is 9.87. The molecule has 3 rings (SSSR count). The Hall–Kier alpha value is -1.53. The van der Waals surface area contributed by atoms with Gasteiger partial charge in [0, 0.05) is 42.3 Å². The van der Waals surface area contributed by atoms with Crippen molar-refractivity contribution in [3.63, 3.8) is 0 Å². The van der Waals surface area contributed by atoms with Gasteiger partial charge in [-0.3, -0.25) is 0 Å². The molecule has 0 bridgehead atoms. The molecule has 0 atom stereocenters. The van der Waals surface area contributed by atoms with Gasteiger partial charge in [0.15, 0.2) is 11.5 Å². The molecule has 4 nitrogen and oxygen atoms in total. The van der Waals surface area contributed by atoms with E-state index in [2.05, 4.69) is 16.8 Å². The van der Waals surface area contributed by atoms with Crippen LogP contribution in [0, 0.1) is 0 Å². The number of benzene rings is 2. The lowest BCUT2D eigenvalue weighted by atomic mass is 10.1. The summed E-state index contributed by atoms with van der Waals surface area (Å²) in [6, 6.07) is 11.3. The predicted octanol–water partition coefficient (Wildman–Crippen LogP) is 4.50. The molecule has 1 heterocycles. The number of hydrogen-bond acceptors (Lipinski definition) is 4. The molecule has 0 N–H and O–H groups in total. The number of thiocarbonyl (C=S) groups is 1. The van der Waals surface area contributed by atoms with E-state index in [1.165, 1.54) is 0 Å². The monoisotopic (exact) mass is 424 g/mol. The standard InChI is InChI=1S/C20H22Cl2N2O2S/c1-23-7-9-24(10-8-23)20(27)15-11-17(22)19(18(12-15)25-2)26-13-14-5-3-4-6-16(14)21/h3-6,11-12H,7-10,13H2,1-2H3. The topological polar surface area (TPSA) is 24.9 Å². The molecule has 0 spiro atoms. The maximum Gasteiger partial charge on any atom is 0.180 e. The minimum atomic E-state index is 0.304. The van der Waals surface area contributed by atoms with E-state index in [9.17, 15) is 0 Å². The van der Waals surface area contributed by atoms with Crippen molar-refractivity contribution in [1.82, 2.24) is 9.80 Å². The Morgan fingerprint density at radius 3 is 2.44 bits per heavy atom. The third kappa shape index (κ3) is 4.85. The highest BCUT2D eigenvalue weighted by Gasteiger charge is 2.20. The number of likely N-dealkylation sites (N-methyl/N-ethyl adjacent to an activating group) is 1. The Balaban J connectivity index is 1.78. The van der Waals surface area contributed by atoms with Crippen molar-refractivity contribution in [2.24, 2.45) is 0 Å². The van der Waals surface area contributed by atoms with E-state index in [4.69, 9.17) is 44.9 Å². The fourth-order valence-corrected chi connectivity index (χ4v) is 3.70. The molecule has 27 heavy (non-hydrogen) atoms. The molecule has 2 aromatic carbocycles. The molecule has 7 heteroatoms. The molecular formula is C20H22Cl2N2O2S. The summed E-state index contributed by atoms with van der Waals surface area (Å²) in [5, 5.41) is 1.12. The highest BCUT2D eigenvalue weighted by molar-refractivity contribution is 7.80. The summed E-state index contributed by atoms with van der Waals surface area (Å²) >= 11 is 18.4. The first kappa shape index (κ1) is 20.2. The lowest BCUT2D eigenvalue weighted by Crippen LogP contribution is -2.46. The van der Waals surface area contributed by atoms with Crippen molar-refractivity contribution in [3.05, 3.63) is 57.6 Å². The first-order valence-electron chi connectivity index (χ1n) is 8.71. The fourth-order valence-electron chi connectivity index (χ4n) is 2.94. The van der Waals surface area contributed by atoms with Crippen LogP contribution in [0.5, 0.6) is 11.5 Å². The molecule has 144 valence electrons. The largest absolute Gasteiger partial charge is 0.493 e. The van der Waals surface area contributed by atoms with Crippen LogP contribution >= 0.6 is 35.4 Å². The van der Waals surface area contributed by atoms with Crippen LogP contribution in [-0.2, 0) is 6.61 Å². The van der Waals surface area contributed by atoms with Gasteiger partial charge in [-0.05, 0) is 25.2 Å². The van der Waals surface area contributed by atoms with E-state index in [-0.39, 0.29) is 0 Å². The molecule has 0 amide bonds. The number of ether oxygens (including phenoxy) is 2. The van der Waals surface area contributed by atoms with Gasteiger partial charge < -0.3 is 19.3 Å². The van der Waals surface area contributed by atoms with Crippen LogP contribution in [0.4, 0.5) is 0 Å². The SMILES string of the molecule is COc1cc(C(=S)N2CCN(C)CC2)cc(Cl)c1OCc1ccccc1Cl. The second-order valence-corrected chi connectivity index (χ2v) is 7.67. The molecule has 1 aliphatic rings. The number of methoxy groups -OCH3 is 1. The van der Waals surface area contributed by atoms with Gasteiger partial charge in [-0.25, -0.2) is 0 Å². The van der Waals surface area contributed by atoms with E-state index in [1.54, 1.807) is 7.11 Å². The molecule has 0 saturated carbocycles. The van der Waals surface area contributed by atoms with Crippen LogP contribution in [-0.4, -0.2) is 55.1 Å². The molecule has 1 saturated heterocycles. The Morgan fingerprint density at radius 1 is 1.07 bits per heavy atom. The van der Waals surface area contributed by atoms with Crippen LogP contribution in [0.3, 0.4) is 0 Å². The van der Waals surface area contributed by atoms with Crippen LogP contribution in [0.2, 0.25) is 10.0 Å². The number of nitrogens with zero attached hydrogens (tertiary/aromatic N) is 2. The molecular weight excluding hydrogens is 403 g/mol. The minimum absolute atomic E-state index is 0.304. The van der Waals surface area contributed by atoms with Gasteiger partial charge in [-0.2, -0.15) is 0 Å². The molecule has 1 aliphatic heterocycles. The van der Waals surface area contributed by atoms with E-state index in [0.29, 0.717) is 28.2 Å². The summed E-state index contributed by atoms with van der Waals surface area (Å²) in [5.41, 5.74) is 1.75. The van der Waals surface area contributed by atoms with Crippen molar-refractivity contribution >= 4 is 40.4 Å². The van der Waals surface area contributed by atoms with Gasteiger partial charge in [-0.1, -0.05) is 53.6 Å². The second kappa shape index (κ2) is 9.11. The molecule has 0 unspecified atom stereocenters. The number of halogens is 2. The third-order valence-electron chi connectivity index (χ3n) is 4.60. The maximum absolute atomic E-state index is 6.50. The quantitative estimate of drug-likeness (QED) is 0.657. The smallest absolute Gasteiger partial charge is 0.180 e. The molecule has 2 aromatic rings. The van der Waals surface area contributed by atoms with Crippen LogP contribution < -0.4 is 9.47 Å². The molecule has 0 aliphatic carbocycles. The molecule has 0 aromatic heterocycles. The van der Waals surface area contributed by atoms with Gasteiger partial charge in [-0.15, -0.1) is 0 Å². The van der Waals surface area contributed by atoms with Gasteiger partial charge in [0.25, 0.3) is 0 Å².